The van der Waals surface area contributed by atoms with Crippen molar-refractivity contribution in [3.05, 3.63) is 137 Å². The lowest BCUT2D eigenvalue weighted by molar-refractivity contribution is -0.136. The van der Waals surface area contributed by atoms with Gasteiger partial charge in [-0.25, -0.2) is 0 Å². The van der Waals surface area contributed by atoms with Gasteiger partial charge in [0.2, 0.25) is 0 Å². The van der Waals surface area contributed by atoms with Crippen molar-refractivity contribution in [3.63, 3.8) is 0 Å². The lowest BCUT2D eigenvalue weighted by Gasteiger charge is -2.28. The Morgan fingerprint density at radius 2 is 1.57 bits per heavy atom. The average Bonchev–Trinajstić information content (AvgIpc) is 3.61. The number of nitrogens with zero attached hydrogens (tertiary/aromatic N) is 1. The molecule has 1 aliphatic rings. The number of hydrogen-bond donors (Lipinski definition) is 1. The number of benzene rings is 4. The quantitative estimate of drug-likeness (QED) is 0.201. The molecule has 1 aliphatic heterocycles. The van der Waals surface area contributed by atoms with Gasteiger partial charge < -0.3 is 14.3 Å². The highest BCUT2D eigenvalue weighted by Gasteiger charge is 2.20. The molecule has 5 nitrogen and oxygen atoms in total. The number of hydrogen-bond acceptors (Lipinski definition) is 4. The highest BCUT2D eigenvalue weighted by molar-refractivity contribution is 5.80. The first-order chi connectivity index (χ1) is 19.6. The minimum atomic E-state index is -0.830. The summed E-state index contributed by atoms with van der Waals surface area (Å²) < 4.78 is 11.9. The van der Waals surface area contributed by atoms with Crippen molar-refractivity contribution < 1.29 is 19.1 Å². The van der Waals surface area contributed by atoms with Crippen LogP contribution >= 0.6 is 0 Å². The molecule has 0 saturated heterocycles. The fourth-order valence-electron chi connectivity index (χ4n) is 5.69. The van der Waals surface area contributed by atoms with Crippen molar-refractivity contribution in [3.8, 4) is 5.75 Å². The Morgan fingerprint density at radius 3 is 2.30 bits per heavy atom. The van der Waals surface area contributed by atoms with Crippen molar-refractivity contribution in [2.24, 2.45) is 0 Å². The zero-order chi connectivity index (χ0) is 27.3. The van der Waals surface area contributed by atoms with E-state index in [9.17, 15) is 4.79 Å². The van der Waals surface area contributed by atoms with E-state index < -0.39 is 5.97 Å². The number of furan rings is 1. The maximum Gasteiger partial charge on any atom is 0.307 e. The maximum absolute atomic E-state index is 11.2. The topological polar surface area (TPSA) is 62.9 Å². The summed E-state index contributed by atoms with van der Waals surface area (Å²) in [5.41, 5.74) is 6.75. The molecule has 1 aromatic heterocycles. The molecular formula is C35H33NO4. The van der Waals surface area contributed by atoms with Gasteiger partial charge in [-0.2, -0.15) is 0 Å². The monoisotopic (exact) mass is 531 g/mol. The summed E-state index contributed by atoms with van der Waals surface area (Å²) in [4.78, 5) is 13.7. The van der Waals surface area contributed by atoms with E-state index in [1.807, 2.05) is 18.2 Å². The van der Waals surface area contributed by atoms with Gasteiger partial charge in [-0.15, -0.1) is 0 Å². The van der Waals surface area contributed by atoms with E-state index >= 15 is 0 Å². The second kappa shape index (κ2) is 11.8. The molecule has 0 amide bonds. The Bertz CT molecular complexity index is 1550. The number of fused-ring (bicyclic) bond motifs is 2. The predicted molar refractivity (Wildman–Crippen MR) is 157 cm³/mol. The van der Waals surface area contributed by atoms with Gasteiger partial charge in [0.15, 0.2) is 0 Å². The first-order valence-corrected chi connectivity index (χ1v) is 13.9. The third-order valence-corrected chi connectivity index (χ3v) is 7.67. The number of ether oxygens (including phenoxy) is 1. The van der Waals surface area contributed by atoms with Crippen LogP contribution in [0, 0.1) is 0 Å². The zero-order valence-electron chi connectivity index (χ0n) is 22.5. The lowest BCUT2D eigenvalue weighted by atomic mass is 9.90. The second-order valence-electron chi connectivity index (χ2n) is 10.6. The van der Waals surface area contributed by atoms with Crippen LogP contribution in [0.25, 0.3) is 11.0 Å². The molecule has 4 aromatic carbocycles. The number of carboxylic acids is 1. The fourth-order valence-corrected chi connectivity index (χ4v) is 5.69. The third-order valence-electron chi connectivity index (χ3n) is 7.67. The normalized spacial score (nSPS) is 12.7. The molecule has 6 rings (SSSR count). The lowest BCUT2D eigenvalue weighted by Crippen LogP contribution is -2.31. The van der Waals surface area contributed by atoms with Gasteiger partial charge in [-0.1, -0.05) is 78.9 Å². The van der Waals surface area contributed by atoms with E-state index in [4.69, 9.17) is 14.3 Å². The summed E-state index contributed by atoms with van der Waals surface area (Å²) in [6, 6.07) is 35.7. The van der Waals surface area contributed by atoms with Crippen LogP contribution in [0.3, 0.4) is 0 Å². The minimum Gasteiger partial charge on any atom is -0.493 e. The van der Waals surface area contributed by atoms with Crippen molar-refractivity contribution in [1.82, 2.24) is 4.90 Å². The zero-order valence-corrected chi connectivity index (χ0v) is 22.5. The van der Waals surface area contributed by atoms with Crippen LogP contribution in [0.4, 0.5) is 0 Å². The highest BCUT2D eigenvalue weighted by Crippen LogP contribution is 2.29. The van der Waals surface area contributed by atoms with E-state index in [0.29, 0.717) is 0 Å². The summed E-state index contributed by atoms with van der Waals surface area (Å²) >= 11 is 0. The number of carboxylic acid groups (broad SMARTS) is 1. The van der Waals surface area contributed by atoms with Gasteiger partial charge in [-0.05, 0) is 52.1 Å². The Kier molecular flexibility index (Phi) is 7.64. The van der Waals surface area contributed by atoms with Crippen LogP contribution in [0.5, 0.6) is 5.75 Å². The van der Waals surface area contributed by atoms with Crippen molar-refractivity contribution >= 4 is 16.9 Å². The SMILES string of the molecule is O=C(O)Cc1ccc2oc(CCN(Cc3ccc4c(c3)CCO4)CC(c3ccccc3)c3ccccc3)cc2c1. The maximum atomic E-state index is 11.2. The van der Waals surface area contributed by atoms with E-state index in [1.165, 1.54) is 22.3 Å². The molecule has 202 valence electrons. The van der Waals surface area contributed by atoms with Gasteiger partial charge in [0.25, 0.3) is 0 Å². The van der Waals surface area contributed by atoms with Gasteiger partial charge in [0, 0.05) is 43.8 Å². The summed E-state index contributed by atoms with van der Waals surface area (Å²) in [6.45, 7) is 3.27. The van der Waals surface area contributed by atoms with Crippen LogP contribution in [0.1, 0.15) is 39.5 Å². The Morgan fingerprint density at radius 1 is 0.850 bits per heavy atom. The third kappa shape index (κ3) is 6.11. The summed E-state index contributed by atoms with van der Waals surface area (Å²) in [5, 5.41) is 10.1. The molecule has 40 heavy (non-hydrogen) atoms. The summed E-state index contributed by atoms with van der Waals surface area (Å²) in [5.74, 6) is 1.31. The molecule has 0 atom stereocenters. The van der Waals surface area contributed by atoms with E-state index in [2.05, 4.69) is 89.8 Å². The van der Waals surface area contributed by atoms with Crippen LogP contribution < -0.4 is 4.74 Å². The predicted octanol–water partition coefficient (Wildman–Crippen LogP) is 6.87. The number of aliphatic carboxylic acids is 1. The van der Waals surface area contributed by atoms with E-state index in [0.717, 1.165) is 67.1 Å². The molecular weight excluding hydrogens is 498 g/mol. The molecule has 0 radical (unpaired) electrons. The average molecular weight is 532 g/mol. The van der Waals surface area contributed by atoms with Gasteiger partial charge in [-0.3, -0.25) is 9.69 Å². The fraction of sp³-hybridized carbons (Fsp3) is 0.229. The molecule has 0 bridgehead atoms. The van der Waals surface area contributed by atoms with Crippen molar-refractivity contribution in [2.45, 2.75) is 31.7 Å². The Labute approximate surface area is 234 Å². The van der Waals surface area contributed by atoms with Gasteiger partial charge >= 0.3 is 5.97 Å². The first kappa shape index (κ1) is 25.9. The van der Waals surface area contributed by atoms with Crippen LogP contribution in [0.2, 0.25) is 0 Å². The molecule has 5 heteroatoms. The molecule has 0 saturated carbocycles. The number of carbonyl (C=O) groups is 1. The van der Waals surface area contributed by atoms with Crippen LogP contribution in [-0.4, -0.2) is 35.7 Å². The standard InChI is InChI=1S/C35H33NO4/c37-35(38)21-25-11-14-34-30(19-25)22-31(40-34)15-17-36(23-26-12-13-33-29(20-26)16-18-39-33)24-32(27-7-3-1-4-8-27)28-9-5-2-6-10-28/h1-14,19-20,22,32H,15-18,21,23-24H2,(H,37,38). The molecule has 0 spiro atoms. The summed E-state index contributed by atoms with van der Waals surface area (Å²) in [7, 11) is 0. The first-order valence-electron chi connectivity index (χ1n) is 13.9. The Hall–Kier alpha value is -4.35. The molecule has 0 aliphatic carbocycles. The molecule has 0 fully saturated rings. The van der Waals surface area contributed by atoms with Crippen LogP contribution in [0.15, 0.2) is 108 Å². The van der Waals surface area contributed by atoms with Crippen molar-refractivity contribution in [2.75, 3.05) is 19.7 Å². The Balaban J connectivity index is 1.26. The minimum absolute atomic E-state index is 0.0103. The van der Waals surface area contributed by atoms with Gasteiger partial charge in [0.1, 0.15) is 17.1 Å². The molecule has 5 aromatic rings. The second-order valence-corrected chi connectivity index (χ2v) is 10.6. The molecule has 2 heterocycles. The van der Waals surface area contributed by atoms with Gasteiger partial charge in [0.05, 0.1) is 13.0 Å². The van der Waals surface area contributed by atoms with E-state index in [-0.39, 0.29) is 12.3 Å². The smallest absolute Gasteiger partial charge is 0.307 e. The molecule has 0 unspecified atom stereocenters. The highest BCUT2D eigenvalue weighted by atomic mass is 16.5. The summed E-state index contributed by atoms with van der Waals surface area (Å²) in [6.07, 6.45) is 1.73. The van der Waals surface area contributed by atoms with Crippen molar-refractivity contribution in [1.29, 1.82) is 0 Å². The van der Waals surface area contributed by atoms with E-state index in [1.54, 1.807) is 0 Å². The largest absolute Gasteiger partial charge is 0.493 e. The number of rotatable bonds is 11. The molecule has 1 N–H and O–H groups in total. The van der Waals surface area contributed by atoms with Crippen LogP contribution in [-0.2, 0) is 30.6 Å².